The van der Waals surface area contributed by atoms with Crippen LogP contribution in [-0.4, -0.2) is 50.8 Å². The molecule has 2 aliphatic heterocycles. The second-order valence-electron chi connectivity index (χ2n) is 8.41. The molecule has 1 fully saturated rings. The SMILES string of the molecule is O=C(NC1CCN(Cc2ccccc2)CC1)c1nnn2c1C(=O)N[C@@H](c1ccccc1)C2. The van der Waals surface area contributed by atoms with Crippen LogP contribution in [0.5, 0.6) is 0 Å². The first-order chi connectivity index (χ1) is 15.7. The van der Waals surface area contributed by atoms with Crippen LogP contribution in [0.15, 0.2) is 60.7 Å². The van der Waals surface area contributed by atoms with Crippen LogP contribution in [-0.2, 0) is 13.1 Å². The monoisotopic (exact) mass is 430 g/mol. The maximum absolute atomic E-state index is 12.9. The Bertz CT molecular complexity index is 1090. The molecular weight excluding hydrogens is 404 g/mol. The Balaban J connectivity index is 1.20. The minimum Gasteiger partial charge on any atom is -0.348 e. The van der Waals surface area contributed by atoms with Crippen molar-refractivity contribution in [3.63, 3.8) is 0 Å². The van der Waals surface area contributed by atoms with Crippen LogP contribution in [0.1, 0.15) is 51.0 Å². The number of hydrogen-bond donors (Lipinski definition) is 2. The standard InChI is InChI=1S/C24H26N6O2/c31-23(25-19-11-13-29(14-12-19)15-17-7-3-1-4-8-17)21-22-24(32)26-20(16-30(22)28-27-21)18-9-5-2-6-10-18/h1-10,19-20H,11-16H2,(H,25,31)(H,26,32)/t20-/m1/s1. The minimum absolute atomic E-state index is 0.0654. The molecule has 0 spiro atoms. The molecule has 3 heterocycles. The molecule has 0 unspecified atom stereocenters. The number of fused-ring (bicyclic) bond motifs is 1. The molecule has 5 rings (SSSR count). The Labute approximate surface area is 186 Å². The molecule has 0 aliphatic carbocycles. The van der Waals surface area contributed by atoms with Crippen molar-refractivity contribution >= 4 is 11.8 Å². The van der Waals surface area contributed by atoms with Crippen molar-refractivity contribution in [3.8, 4) is 0 Å². The molecule has 2 aliphatic rings. The fraction of sp³-hybridized carbons (Fsp3) is 0.333. The first kappa shape index (κ1) is 20.4. The number of carbonyl (C=O) groups excluding carboxylic acids is 2. The number of rotatable bonds is 5. The Kier molecular flexibility index (Phi) is 5.68. The van der Waals surface area contributed by atoms with Gasteiger partial charge in [-0.05, 0) is 24.0 Å². The van der Waals surface area contributed by atoms with Crippen molar-refractivity contribution in [3.05, 3.63) is 83.2 Å². The lowest BCUT2D eigenvalue weighted by molar-refractivity contribution is 0.0862. The molecular formula is C24H26N6O2. The maximum atomic E-state index is 12.9. The molecule has 0 radical (unpaired) electrons. The third-order valence-corrected chi connectivity index (χ3v) is 6.20. The van der Waals surface area contributed by atoms with E-state index >= 15 is 0 Å². The Hall–Kier alpha value is -3.52. The predicted molar refractivity (Wildman–Crippen MR) is 119 cm³/mol. The zero-order chi connectivity index (χ0) is 21.9. The van der Waals surface area contributed by atoms with Crippen molar-refractivity contribution in [2.75, 3.05) is 13.1 Å². The highest BCUT2D eigenvalue weighted by atomic mass is 16.2. The van der Waals surface area contributed by atoms with Gasteiger partial charge in [-0.25, -0.2) is 4.68 Å². The van der Waals surface area contributed by atoms with Crippen LogP contribution in [0, 0.1) is 0 Å². The summed E-state index contributed by atoms with van der Waals surface area (Å²) in [4.78, 5) is 28.1. The first-order valence-electron chi connectivity index (χ1n) is 11.0. The van der Waals surface area contributed by atoms with E-state index < -0.39 is 0 Å². The minimum atomic E-state index is -0.332. The van der Waals surface area contributed by atoms with Crippen molar-refractivity contribution in [2.45, 2.75) is 38.0 Å². The molecule has 2 N–H and O–H groups in total. The molecule has 1 aromatic heterocycles. The highest BCUT2D eigenvalue weighted by Crippen LogP contribution is 2.22. The van der Waals surface area contributed by atoms with Gasteiger partial charge in [-0.1, -0.05) is 65.9 Å². The molecule has 8 nitrogen and oxygen atoms in total. The zero-order valence-corrected chi connectivity index (χ0v) is 17.8. The summed E-state index contributed by atoms with van der Waals surface area (Å²) < 4.78 is 1.54. The van der Waals surface area contributed by atoms with Crippen LogP contribution in [0.2, 0.25) is 0 Å². The van der Waals surface area contributed by atoms with Gasteiger partial charge in [0.1, 0.15) is 0 Å². The normalized spacial score (nSPS) is 19.2. The average Bonchev–Trinajstić information content (AvgIpc) is 3.27. The number of nitrogens with zero attached hydrogens (tertiary/aromatic N) is 4. The van der Waals surface area contributed by atoms with Gasteiger partial charge < -0.3 is 10.6 Å². The molecule has 164 valence electrons. The summed E-state index contributed by atoms with van der Waals surface area (Å²) in [5.74, 6) is -0.654. The van der Waals surface area contributed by atoms with Crippen LogP contribution in [0.25, 0.3) is 0 Å². The zero-order valence-electron chi connectivity index (χ0n) is 17.8. The Morgan fingerprint density at radius 3 is 2.44 bits per heavy atom. The molecule has 0 bridgehead atoms. The highest BCUT2D eigenvalue weighted by molar-refractivity contribution is 6.05. The molecule has 1 saturated heterocycles. The largest absolute Gasteiger partial charge is 0.348 e. The predicted octanol–water partition coefficient (Wildman–Crippen LogP) is 2.16. The number of amides is 2. The number of likely N-dealkylation sites (tertiary alicyclic amines) is 1. The van der Waals surface area contributed by atoms with E-state index in [2.05, 4.69) is 50.1 Å². The molecule has 2 aromatic carbocycles. The van der Waals surface area contributed by atoms with Crippen LogP contribution in [0.4, 0.5) is 0 Å². The number of piperidine rings is 1. The molecule has 1 atom stereocenters. The number of hydrogen-bond acceptors (Lipinski definition) is 5. The Morgan fingerprint density at radius 1 is 1.03 bits per heavy atom. The van der Waals surface area contributed by atoms with Gasteiger partial charge in [0, 0.05) is 25.7 Å². The van der Waals surface area contributed by atoms with Crippen molar-refractivity contribution in [2.24, 2.45) is 0 Å². The van der Waals surface area contributed by atoms with Crippen molar-refractivity contribution in [1.82, 2.24) is 30.5 Å². The smallest absolute Gasteiger partial charge is 0.274 e. The molecule has 32 heavy (non-hydrogen) atoms. The summed E-state index contributed by atoms with van der Waals surface area (Å²) in [5, 5.41) is 14.2. The van der Waals surface area contributed by atoms with Gasteiger partial charge in [-0.2, -0.15) is 0 Å². The quantitative estimate of drug-likeness (QED) is 0.647. The molecule has 3 aromatic rings. The van der Waals surface area contributed by atoms with E-state index in [4.69, 9.17) is 0 Å². The van der Waals surface area contributed by atoms with E-state index in [1.54, 1.807) is 0 Å². The average molecular weight is 431 g/mol. The number of benzene rings is 2. The second-order valence-corrected chi connectivity index (χ2v) is 8.41. The van der Waals surface area contributed by atoms with E-state index in [1.807, 2.05) is 36.4 Å². The third-order valence-electron chi connectivity index (χ3n) is 6.20. The van der Waals surface area contributed by atoms with Gasteiger partial charge in [0.2, 0.25) is 0 Å². The maximum Gasteiger partial charge on any atom is 0.274 e. The van der Waals surface area contributed by atoms with E-state index in [0.717, 1.165) is 38.0 Å². The lowest BCUT2D eigenvalue weighted by Gasteiger charge is -2.32. The van der Waals surface area contributed by atoms with Crippen LogP contribution < -0.4 is 10.6 Å². The molecule has 0 saturated carbocycles. The summed E-state index contributed by atoms with van der Waals surface area (Å²) >= 11 is 0. The molecule has 2 amide bonds. The van der Waals surface area contributed by atoms with Crippen LogP contribution >= 0.6 is 0 Å². The van der Waals surface area contributed by atoms with Gasteiger partial charge in [0.15, 0.2) is 11.4 Å². The van der Waals surface area contributed by atoms with Crippen molar-refractivity contribution in [1.29, 1.82) is 0 Å². The fourth-order valence-corrected chi connectivity index (χ4v) is 4.47. The first-order valence-corrected chi connectivity index (χ1v) is 11.0. The summed E-state index contributed by atoms with van der Waals surface area (Å²) in [6.45, 7) is 3.20. The summed E-state index contributed by atoms with van der Waals surface area (Å²) in [7, 11) is 0. The van der Waals surface area contributed by atoms with Gasteiger partial charge >= 0.3 is 0 Å². The van der Waals surface area contributed by atoms with Gasteiger partial charge in [0.25, 0.3) is 11.8 Å². The lowest BCUT2D eigenvalue weighted by Crippen LogP contribution is -2.45. The van der Waals surface area contributed by atoms with Crippen molar-refractivity contribution < 1.29 is 9.59 Å². The van der Waals surface area contributed by atoms with Gasteiger partial charge in [-0.3, -0.25) is 14.5 Å². The lowest BCUT2D eigenvalue weighted by atomic mass is 10.0. The Morgan fingerprint density at radius 2 is 1.72 bits per heavy atom. The van der Waals surface area contributed by atoms with Gasteiger partial charge in [0.05, 0.1) is 12.6 Å². The number of aromatic nitrogens is 3. The van der Waals surface area contributed by atoms with E-state index in [1.165, 1.54) is 10.2 Å². The van der Waals surface area contributed by atoms with E-state index in [-0.39, 0.29) is 35.3 Å². The summed E-state index contributed by atoms with van der Waals surface area (Å²) in [6, 6.07) is 20.0. The third kappa shape index (κ3) is 4.27. The number of nitrogens with one attached hydrogen (secondary N) is 2. The highest BCUT2D eigenvalue weighted by Gasteiger charge is 2.33. The summed E-state index contributed by atoms with van der Waals surface area (Å²) in [6.07, 6.45) is 1.73. The van der Waals surface area contributed by atoms with Crippen LogP contribution in [0.3, 0.4) is 0 Å². The number of carbonyl (C=O) groups is 2. The topological polar surface area (TPSA) is 92.2 Å². The fourth-order valence-electron chi connectivity index (χ4n) is 4.47. The molecule has 8 heteroatoms. The van der Waals surface area contributed by atoms with Gasteiger partial charge in [-0.15, -0.1) is 5.10 Å². The van der Waals surface area contributed by atoms with E-state index in [9.17, 15) is 9.59 Å². The second kappa shape index (κ2) is 8.92. The summed E-state index contributed by atoms with van der Waals surface area (Å²) in [5.41, 5.74) is 2.62. The van der Waals surface area contributed by atoms with E-state index in [0.29, 0.717) is 6.54 Å².